The third kappa shape index (κ3) is 0.506. The summed E-state index contributed by atoms with van der Waals surface area (Å²) in [7, 11) is 0. The Morgan fingerprint density at radius 1 is 1.83 bits per heavy atom. The topological polar surface area (TPSA) is 35.9 Å². The number of amidine groups is 1. The predicted octanol–water partition coefficient (Wildman–Crippen LogP) is 0.161. The minimum absolute atomic E-state index is 0.648. The Morgan fingerprint density at radius 2 is 2.67 bits per heavy atom. The molecular formula is C4H7N2. The van der Waals surface area contributed by atoms with Gasteiger partial charge in [-0.15, -0.1) is 0 Å². The Balaban J connectivity index is 2.37. The van der Waals surface area contributed by atoms with Gasteiger partial charge in [-0.3, -0.25) is 5.41 Å². The molecule has 0 spiro atoms. The smallest absolute Gasteiger partial charge is 0.0935 e. The molecule has 1 saturated heterocycles. The van der Waals surface area contributed by atoms with Gasteiger partial charge < -0.3 is 5.32 Å². The zero-order chi connectivity index (χ0) is 4.41. The van der Waals surface area contributed by atoms with Gasteiger partial charge in [0.1, 0.15) is 0 Å². The van der Waals surface area contributed by atoms with Crippen LogP contribution in [0.3, 0.4) is 0 Å². The van der Waals surface area contributed by atoms with Crippen molar-refractivity contribution in [3.05, 3.63) is 6.42 Å². The Hall–Kier alpha value is -0.530. The summed E-state index contributed by atoms with van der Waals surface area (Å²) in [6, 6.07) is 0. The van der Waals surface area contributed by atoms with Gasteiger partial charge in [-0.1, -0.05) is 0 Å². The molecule has 0 unspecified atom stereocenters. The third-order valence-corrected chi connectivity index (χ3v) is 0.808. The van der Waals surface area contributed by atoms with Crippen LogP contribution < -0.4 is 5.32 Å². The molecule has 1 radical (unpaired) electrons. The molecule has 1 aliphatic heterocycles. The standard InChI is InChI=1S/C4H7N2/c5-4-2-1-3-6-4/h1H,2-3H2,(H2,5,6). The van der Waals surface area contributed by atoms with Crippen molar-refractivity contribution in [2.75, 3.05) is 6.54 Å². The van der Waals surface area contributed by atoms with Crippen molar-refractivity contribution in [2.24, 2.45) is 0 Å². The summed E-state index contributed by atoms with van der Waals surface area (Å²) in [5.41, 5.74) is 0. The summed E-state index contributed by atoms with van der Waals surface area (Å²) < 4.78 is 0. The first-order chi connectivity index (χ1) is 2.89. The van der Waals surface area contributed by atoms with Crippen molar-refractivity contribution in [3.8, 4) is 0 Å². The van der Waals surface area contributed by atoms with E-state index >= 15 is 0 Å². The van der Waals surface area contributed by atoms with Crippen LogP contribution in [0, 0.1) is 11.8 Å². The van der Waals surface area contributed by atoms with Crippen molar-refractivity contribution in [2.45, 2.75) is 6.42 Å². The summed E-state index contributed by atoms with van der Waals surface area (Å²) in [5, 5.41) is 9.75. The quantitative estimate of drug-likeness (QED) is 0.430. The van der Waals surface area contributed by atoms with Crippen molar-refractivity contribution in [3.63, 3.8) is 0 Å². The summed E-state index contributed by atoms with van der Waals surface area (Å²) in [4.78, 5) is 0. The fraction of sp³-hybridized carbons (Fsp3) is 0.500. The minimum Gasteiger partial charge on any atom is -0.374 e. The lowest BCUT2D eigenvalue weighted by Gasteiger charge is -1.84. The zero-order valence-electron chi connectivity index (χ0n) is 3.49. The molecule has 6 heavy (non-hydrogen) atoms. The SMILES string of the molecule is N=C1C[CH]CN1. The average molecular weight is 83.1 g/mol. The molecule has 0 saturated carbocycles. The Labute approximate surface area is 37.1 Å². The molecule has 33 valence electrons. The molecule has 0 atom stereocenters. The van der Waals surface area contributed by atoms with Crippen LogP contribution in [0.4, 0.5) is 0 Å². The highest BCUT2D eigenvalue weighted by atomic mass is 14.9. The minimum atomic E-state index is 0.648. The van der Waals surface area contributed by atoms with Gasteiger partial charge in [-0.2, -0.15) is 0 Å². The molecule has 2 N–H and O–H groups in total. The predicted molar refractivity (Wildman–Crippen MR) is 24.6 cm³/mol. The molecule has 1 fully saturated rings. The molecule has 2 heteroatoms. The third-order valence-electron chi connectivity index (χ3n) is 0.808. The van der Waals surface area contributed by atoms with Crippen LogP contribution in [0.2, 0.25) is 0 Å². The maximum Gasteiger partial charge on any atom is 0.0935 e. The van der Waals surface area contributed by atoms with Crippen molar-refractivity contribution < 1.29 is 0 Å². The largest absolute Gasteiger partial charge is 0.374 e. The van der Waals surface area contributed by atoms with Gasteiger partial charge in [-0.05, 0) is 6.42 Å². The van der Waals surface area contributed by atoms with Gasteiger partial charge in [0.15, 0.2) is 0 Å². The van der Waals surface area contributed by atoms with E-state index < -0.39 is 0 Å². The highest BCUT2D eigenvalue weighted by Crippen LogP contribution is 1.92. The maximum atomic E-state index is 6.91. The Morgan fingerprint density at radius 3 is 2.83 bits per heavy atom. The van der Waals surface area contributed by atoms with E-state index in [2.05, 4.69) is 5.32 Å². The van der Waals surface area contributed by atoms with Crippen molar-refractivity contribution in [1.29, 1.82) is 5.41 Å². The summed E-state index contributed by atoms with van der Waals surface area (Å²) in [6.45, 7) is 0.888. The molecule has 0 aromatic rings. The first kappa shape index (κ1) is 3.65. The van der Waals surface area contributed by atoms with Crippen LogP contribution in [0.15, 0.2) is 0 Å². The summed E-state index contributed by atoms with van der Waals surface area (Å²) >= 11 is 0. The first-order valence-corrected chi connectivity index (χ1v) is 2.02. The second-order valence-electron chi connectivity index (χ2n) is 1.35. The highest BCUT2D eigenvalue weighted by Gasteiger charge is 2.01. The summed E-state index contributed by atoms with van der Waals surface area (Å²) in [6.07, 6.45) is 2.88. The van der Waals surface area contributed by atoms with Crippen LogP contribution >= 0.6 is 0 Å². The van der Waals surface area contributed by atoms with E-state index in [4.69, 9.17) is 5.41 Å². The first-order valence-electron chi connectivity index (χ1n) is 2.02. The second-order valence-corrected chi connectivity index (χ2v) is 1.35. The van der Waals surface area contributed by atoms with Gasteiger partial charge in [0.25, 0.3) is 0 Å². The van der Waals surface area contributed by atoms with Gasteiger partial charge in [0.05, 0.1) is 5.84 Å². The van der Waals surface area contributed by atoms with Gasteiger partial charge in [0.2, 0.25) is 0 Å². The van der Waals surface area contributed by atoms with Gasteiger partial charge >= 0.3 is 0 Å². The number of hydrogen-bond acceptors (Lipinski definition) is 1. The molecular weight excluding hydrogens is 76.1 g/mol. The van der Waals surface area contributed by atoms with E-state index in [0.717, 1.165) is 13.0 Å². The van der Waals surface area contributed by atoms with E-state index in [9.17, 15) is 0 Å². The number of hydrogen-bond donors (Lipinski definition) is 2. The molecule has 0 aliphatic carbocycles. The lowest BCUT2D eigenvalue weighted by Crippen LogP contribution is -2.11. The van der Waals surface area contributed by atoms with Crippen LogP contribution in [0.1, 0.15) is 6.42 Å². The van der Waals surface area contributed by atoms with E-state index in [0.29, 0.717) is 5.84 Å². The fourth-order valence-electron chi connectivity index (χ4n) is 0.484. The lowest BCUT2D eigenvalue weighted by molar-refractivity contribution is 1.05. The molecule has 1 heterocycles. The molecule has 0 amide bonds. The zero-order valence-corrected chi connectivity index (χ0v) is 3.49. The average Bonchev–Trinajstić information content (AvgIpc) is 1.86. The number of rotatable bonds is 0. The monoisotopic (exact) mass is 83.1 g/mol. The maximum absolute atomic E-state index is 6.91. The van der Waals surface area contributed by atoms with E-state index in [1.54, 1.807) is 0 Å². The van der Waals surface area contributed by atoms with Crippen molar-refractivity contribution in [1.82, 2.24) is 5.32 Å². The van der Waals surface area contributed by atoms with E-state index in [1.165, 1.54) is 0 Å². The molecule has 0 aromatic heterocycles. The molecule has 2 nitrogen and oxygen atoms in total. The van der Waals surface area contributed by atoms with Gasteiger partial charge in [0, 0.05) is 13.0 Å². The normalized spacial score (nSPS) is 21.0. The molecule has 1 rings (SSSR count). The van der Waals surface area contributed by atoms with Crippen molar-refractivity contribution >= 4 is 5.84 Å². The van der Waals surface area contributed by atoms with Crippen LogP contribution in [-0.4, -0.2) is 12.4 Å². The highest BCUT2D eigenvalue weighted by molar-refractivity contribution is 5.82. The Kier molecular flexibility index (Phi) is 0.783. The molecule has 0 bridgehead atoms. The number of nitrogens with one attached hydrogen (secondary N) is 2. The summed E-state index contributed by atoms with van der Waals surface area (Å²) in [5.74, 6) is 0.648. The van der Waals surface area contributed by atoms with E-state index in [-0.39, 0.29) is 0 Å². The molecule has 1 aliphatic rings. The van der Waals surface area contributed by atoms with E-state index in [1.807, 2.05) is 6.42 Å². The molecule has 0 aromatic carbocycles. The van der Waals surface area contributed by atoms with Crippen LogP contribution in [0.25, 0.3) is 0 Å². The second kappa shape index (κ2) is 1.29. The Bertz CT molecular complexity index is 59.9. The fourth-order valence-corrected chi connectivity index (χ4v) is 0.484. The van der Waals surface area contributed by atoms with Gasteiger partial charge in [-0.25, -0.2) is 0 Å². The lowest BCUT2D eigenvalue weighted by atomic mass is 10.4. The van der Waals surface area contributed by atoms with Crippen LogP contribution in [-0.2, 0) is 0 Å². The van der Waals surface area contributed by atoms with Crippen LogP contribution in [0.5, 0.6) is 0 Å².